The van der Waals surface area contributed by atoms with E-state index in [1.807, 2.05) is 0 Å². The molecule has 84 valence electrons. The molecular weight excluding hydrogens is 208 g/mol. The van der Waals surface area contributed by atoms with Crippen LogP contribution in [0.2, 0.25) is 0 Å². The van der Waals surface area contributed by atoms with Gasteiger partial charge in [0.2, 0.25) is 0 Å². The summed E-state index contributed by atoms with van der Waals surface area (Å²) in [5, 5.41) is 6.63. The van der Waals surface area contributed by atoms with Crippen molar-refractivity contribution < 1.29 is 9.21 Å². The van der Waals surface area contributed by atoms with Crippen molar-refractivity contribution in [1.82, 2.24) is 15.1 Å². The minimum Gasteiger partial charge on any atom is -0.467 e. The molecule has 1 amide bonds. The molecule has 0 aliphatic heterocycles. The van der Waals surface area contributed by atoms with Gasteiger partial charge < -0.3 is 15.5 Å². The van der Waals surface area contributed by atoms with E-state index < -0.39 is 0 Å². The SMILES string of the molecule is Cn1cc(N)c(C(=O)NCc2ccco2)n1. The van der Waals surface area contributed by atoms with Crippen LogP contribution >= 0.6 is 0 Å². The molecule has 2 heterocycles. The highest BCUT2D eigenvalue weighted by atomic mass is 16.3. The van der Waals surface area contributed by atoms with Crippen molar-refractivity contribution >= 4 is 11.6 Å². The Morgan fingerprint density at radius 2 is 2.50 bits per heavy atom. The molecule has 0 saturated heterocycles. The number of aryl methyl sites for hydroxylation is 1. The lowest BCUT2D eigenvalue weighted by atomic mass is 10.3. The molecule has 2 aromatic heterocycles. The van der Waals surface area contributed by atoms with E-state index in [0.29, 0.717) is 18.0 Å². The smallest absolute Gasteiger partial charge is 0.274 e. The number of hydrogen-bond acceptors (Lipinski definition) is 4. The topological polar surface area (TPSA) is 86.1 Å². The number of nitrogens with zero attached hydrogens (tertiary/aromatic N) is 2. The standard InChI is InChI=1S/C10H12N4O2/c1-14-6-8(11)9(13-14)10(15)12-5-7-3-2-4-16-7/h2-4,6H,5,11H2,1H3,(H,12,15). The van der Waals surface area contributed by atoms with Gasteiger partial charge in [0.05, 0.1) is 18.5 Å². The molecule has 6 nitrogen and oxygen atoms in total. The Balaban J connectivity index is 2.01. The quantitative estimate of drug-likeness (QED) is 0.789. The van der Waals surface area contributed by atoms with Crippen LogP contribution in [0.25, 0.3) is 0 Å². The first kappa shape index (κ1) is 10.3. The number of nitrogens with one attached hydrogen (secondary N) is 1. The number of anilines is 1. The van der Waals surface area contributed by atoms with Gasteiger partial charge in [0, 0.05) is 13.2 Å². The average Bonchev–Trinajstić information content (AvgIpc) is 2.84. The zero-order valence-electron chi connectivity index (χ0n) is 8.80. The lowest BCUT2D eigenvalue weighted by Gasteiger charge is -2.00. The van der Waals surface area contributed by atoms with E-state index >= 15 is 0 Å². The lowest BCUT2D eigenvalue weighted by molar-refractivity contribution is 0.0943. The van der Waals surface area contributed by atoms with Crippen LogP contribution in [-0.4, -0.2) is 15.7 Å². The largest absolute Gasteiger partial charge is 0.467 e. The van der Waals surface area contributed by atoms with Crippen molar-refractivity contribution in [3.63, 3.8) is 0 Å². The number of carbonyl (C=O) groups excluding carboxylic acids is 1. The summed E-state index contributed by atoms with van der Waals surface area (Å²) < 4.78 is 6.58. The zero-order valence-corrected chi connectivity index (χ0v) is 8.80. The van der Waals surface area contributed by atoms with Crippen molar-refractivity contribution in [2.75, 3.05) is 5.73 Å². The number of furan rings is 1. The van der Waals surface area contributed by atoms with Gasteiger partial charge in [-0.25, -0.2) is 0 Å². The Hall–Kier alpha value is -2.24. The van der Waals surface area contributed by atoms with Crippen molar-refractivity contribution in [1.29, 1.82) is 0 Å². The maximum Gasteiger partial charge on any atom is 0.274 e. The number of nitrogen functional groups attached to an aromatic ring is 1. The first-order valence-corrected chi connectivity index (χ1v) is 4.76. The highest BCUT2D eigenvalue weighted by molar-refractivity contribution is 5.96. The summed E-state index contributed by atoms with van der Waals surface area (Å²) in [6, 6.07) is 3.54. The Labute approximate surface area is 92.0 Å². The van der Waals surface area contributed by atoms with E-state index in [9.17, 15) is 4.79 Å². The molecule has 0 atom stereocenters. The average molecular weight is 220 g/mol. The maximum absolute atomic E-state index is 11.7. The Kier molecular flexibility index (Phi) is 2.63. The van der Waals surface area contributed by atoms with Gasteiger partial charge in [-0.05, 0) is 12.1 Å². The van der Waals surface area contributed by atoms with E-state index in [-0.39, 0.29) is 11.6 Å². The predicted molar refractivity (Wildman–Crippen MR) is 57.5 cm³/mol. The summed E-state index contributed by atoms with van der Waals surface area (Å²) in [5.41, 5.74) is 6.21. The molecule has 0 aliphatic rings. The van der Waals surface area contributed by atoms with Gasteiger partial charge in [0.1, 0.15) is 5.76 Å². The molecule has 3 N–H and O–H groups in total. The number of amides is 1. The second kappa shape index (κ2) is 4.09. The van der Waals surface area contributed by atoms with Crippen molar-refractivity contribution in [3.8, 4) is 0 Å². The summed E-state index contributed by atoms with van der Waals surface area (Å²) >= 11 is 0. The van der Waals surface area contributed by atoms with E-state index in [4.69, 9.17) is 10.2 Å². The van der Waals surface area contributed by atoms with Crippen LogP contribution in [0.15, 0.2) is 29.0 Å². The van der Waals surface area contributed by atoms with Crippen molar-refractivity contribution in [2.24, 2.45) is 7.05 Å². The predicted octanol–water partition coefficient (Wildman–Crippen LogP) is 0.525. The number of carbonyl (C=O) groups is 1. The highest BCUT2D eigenvalue weighted by Crippen LogP contribution is 2.08. The van der Waals surface area contributed by atoms with E-state index in [0.717, 1.165) is 0 Å². The Bertz CT molecular complexity index is 487. The maximum atomic E-state index is 11.7. The fourth-order valence-corrected chi connectivity index (χ4v) is 1.35. The molecule has 0 spiro atoms. The molecule has 6 heteroatoms. The van der Waals surface area contributed by atoms with Crippen LogP contribution in [0.3, 0.4) is 0 Å². The van der Waals surface area contributed by atoms with Crippen LogP contribution in [0.4, 0.5) is 5.69 Å². The number of hydrogen-bond donors (Lipinski definition) is 2. The second-order valence-electron chi connectivity index (χ2n) is 3.37. The third kappa shape index (κ3) is 2.05. The van der Waals surface area contributed by atoms with E-state index in [1.165, 1.54) is 4.68 Å². The minimum atomic E-state index is -0.311. The van der Waals surface area contributed by atoms with E-state index in [2.05, 4.69) is 10.4 Å². The fraction of sp³-hybridized carbons (Fsp3) is 0.200. The van der Waals surface area contributed by atoms with Gasteiger partial charge in [-0.1, -0.05) is 0 Å². The summed E-state index contributed by atoms with van der Waals surface area (Å²) in [6.07, 6.45) is 3.14. The number of rotatable bonds is 3. The molecule has 0 saturated carbocycles. The van der Waals surface area contributed by atoms with E-state index in [1.54, 1.807) is 31.6 Å². The van der Waals surface area contributed by atoms with Gasteiger partial charge in [-0.3, -0.25) is 9.48 Å². The second-order valence-corrected chi connectivity index (χ2v) is 3.37. The lowest BCUT2D eigenvalue weighted by Crippen LogP contribution is -2.24. The Morgan fingerprint density at radius 1 is 1.69 bits per heavy atom. The monoisotopic (exact) mass is 220 g/mol. The van der Waals surface area contributed by atoms with Crippen LogP contribution in [-0.2, 0) is 13.6 Å². The van der Waals surface area contributed by atoms with Crippen molar-refractivity contribution in [2.45, 2.75) is 6.54 Å². The highest BCUT2D eigenvalue weighted by Gasteiger charge is 2.13. The first-order chi connectivity index (χ1) is 7.66. The molecule has 2 aromatic rings. The molecule has 0 radical (unpaired) electrons. The first-order valence-electron chi connectivity index (χ1n) is 4.76. The zero-order chi connectivity index (χ0) is 11.5. The molecule has 0 aromatic carbocycles. The van der Waals surface area contributed by atoms with Crippen LogP contribution in [0, 0.1) is 0 Å². The summed E-state index contributed by atoms with van der Waals surface area (Å²) in [5.74, 6) is 0.373. The number of aromatic nitrogens is 2. The van der Waals surface area contributed by atoms with Gasteiger partial charge in [0.15, 0.2) is 5.69 Å². The number of nitrogens with two attached hydrogens (primary N) is 1. The summed E-state index contributed by atoms with van der Waals surface area (Å²) in [6.45, 7) is 0.321. The molecule has 16 heavy (non-hydrogen) atoms. The summed E-state index contributed by atoms with van der Waals surface area (Å²) in [4.78, 5) is 11.7. The van der Waals surface area contributed by atoms with Gasteiger partial charge >= 0.3 is 0 Å². The van der Waals surface area contributed by atoms with Crippen LogP contribution < -0.4 is 11.1 Å². The Morgan fingerprint density at radius 3 is 3.06 bits per heavy atom. The minimum absolute atomic E-state index is 0.231. The molecule has 0 aliphatic carbocycles. The van der Waals surface area contributed by atoms with Gasteiger partial charge in [-0.2, -0.15) is 5.10 Å². The third-order valence-corrected chi connectivity index (χ3v) is 2.08. The van der Waals surface area contributed by atoms with Crippen LogP contribution in [0.5, 0.6) is 0 Å². The normalized spacial score (nSPS) is 10.3. The molecule has 2 rings (SSSR count). The molecule has 0 bridgehead atoms. The molecule has 0 fully saturated rings. The third-order valence-electron chi connectivity index (χ3n) is 2.08. The van der Waals surface area contributed by atoms with Crippen LogP contribution in [0.1, 0.15) is 16.2 Å². The van der Waals surface area contributed by atoms with Crippen molar-refractivity contribution in [3.05, 3.63) is 36.0 Å². The molecular formula is C10H12N4O2. The van der Waals surface area contributed by atoms with Gasteiger partial charge in [0.25, 0.3) is 5.91 Å². The summed E-state index contributed by atoms with van der Waals surface area (Å²) in [7, 11) is 1.71. The fourth-order valence-electron chi connectivity index (χ4n) is 1.35. The molecule has 0 unspecified atom stereocenters. The van der Waals surface area contributed by atoms with Gasteiger partial charge in [-0.15, -0.1) is 0 Å².